The first-order chi connectivity index (χ1) is 19.2. The van der Waals surface area contributed by atoms with Gasteiger partial charge in [-0.2, -0.15) is 0 Å². The zero-order valence-corrected chi connectivity index (χ0v) is 25.1. The van der Waals surface area contributed by atoms with Gasteiger partial charge in [-0.1, -0.05) is 30.3 Å². The first kappa shape index (κ1) is 29.4. The lowest BCUT2D eigenvalue weighted by Gasteiger charge is -2.32. The third-order valence-electron chi connectivity index (χ3n) is 7.45. The van der Waals surface area contributed by atoms with Crippen LogP contribution in [0.1, 0.15) is 53.6 Å². The number of H-pyrrole nitrogens is 1. The molecule has 210 valence electrons. The molecule has 8 heteroatoms. The summed E-state index contributed by atoms with van der Waals surface area (Å²) in [4.78, 5) is 37.3. The fraction of sp³-hybridized carbons (Fsp3) is 0.344. The highest BCUT2D eigenvalue weighted by Crippen LogP contribution is 2.29. The Hall–Kier alpha value is -3.62. The van der Waals surface area contributed by atoms with Crippen molar-refractivity contribution in [1.82, 2.24) is 20.1 Å². The van der Waals surface area contributed by atoms with E-state index in [4.69, 9.17) is 4.99 Å². The quantitative estimate of drug-likeness (QED) is 0.333. The molecule has 0 unspecified atom stereocenters. The molecule has 1 aromatic heterocycles. The third-order valence-corrected chi connectivity index (χ3v) is 8.38. The average molecular weight is 558 g/mol. The fourth-order valence-corrected chi connectivity index (χ4v) is 5.90. The van der Waals surface area contributed by atoms with Crippen LogP contribution in [0.15, 0.2) is 75.6 Å². The lowest BCUT2D eigenvalue weighted by atomic mass is 9.99. The first-order valence-corrected chi connectivity index (χ1v) is 14.6. The molecule has 0 spiro atoms. The second kappa shape index (κ2) is 13.2. The number of likely N-dealkylation sites (N-methyl/N-ethyl adjacent to an activating group) is 1. The minimum Gasteiger partial charge on any atom is -0.358 e. The molecule has 1 fully saturated rings. The first-order valence-electron chi connectivity index (χ1n) is 13.6. The lowest BCUT2D eigenvalue weighted by Crippen LogP contribution is -2.47. The Bertz CT molecular complexity index is 1420. The number of allylic oxidation sites excluding steroid dienone is 5. The Morgan fingerprint density at radius 3 is 2.45 bits per heavy atom. The Kier molecular flexibility index (Phi) is 9.66. The zero-order chi connectivity index (χ0) is 28.8. The summed E-state index contributed by atoms with van der Waals surface area (Å²) in [5.41, 5.74) is 9.10. The molecule has 0 aliphatic carbocycles. The number of thioether (sulfide) groups is 1. The van der Waals surface area contributed by atoms with E-state index >= 15 is 0 Å². The molecular formula is C32H39N5O2S. The number of aliphatic imine (C=N–C) groups is 1. The smallest absolute Gasteiger partial charge is 0.256 e. The van der Waals surface area contributed by atoms with Crippen LogP contribution in [-0.2, 0) is 4.79 Å². The lowest BCUT2D eigenvalue weighted by molar-refractivity contribution is -0.108. The van der Waals surface area contributed by atoms with Crippen LogP contribution in [0, 0.1) is 13.8 Å². The number of carbonyl (C=O) groups excluding carboxylic acids is 2. The fourth-order valence-electron chi connectivity index (χ4n) is 5.04. The number of hydrogen-bond acceptors (Lipinski definition) is 5. The van der Waals surface area contributed by atoms with E-state index in [9.17, 15) is 9.59 Å². The van der Waals surface area contributed by atoms with Gasteiger partial charge in [0.15, 0.2) is 0 Å². The minimum atomic E-state index is 0.0798. The van der Waals surface area contributed by atoms with Crippen molar-refractivity contribution in [2.75, 3.05) is 39.0 Å². The Balaban J connectivity index is 1.65. The minimum absolute atomic E-state index is 0.0798. The van der Waals surface area contributed by atoms with E-state index in [-0.39, 0.29) is 5.91 Å². The second-order valence-electron chi connectivity index (χ2n) is 10.4. The number of aryl methyl sites for hydroxylation is 1. The van der Waals surface area contributed by atoms with Crippen LogP contribution in [0.2, 0.25) is 0 Å². The molecule has 4 rings (SSSR count). The molecule has 0 radical (unpaired) electrons. The normalized spacial score (nSPS) is 17.7. The average Bonchev–Trinajstić information content (AvgIpc) is 3.24. The highest BCUT2D eigenvalue weighted by atomic mass is 32.2. The van der Waals surface area contributed by atoms with Crippen LogP contribution >= 0.6 is 11.8 Å². The van der Waals surface area contributed by atoms with Crippen molar-refractivity contribution in [2.45, 2.75) is 34.6 Å². The van der Waals surface area contributed by atoms with Gasteiger partial charge < -0.3 is 20.1 Å². The highest BCUT2D eigenvalue weighted by Gasteiger charge is 2.25. The van der Waals surface area contributed by atoms with Gasteiger partial charge in [-0.25, -0.2) is 4.99 Å². The number of amides is 2. The van der Waals surface area contributed by atoms with Gasteiger partial charge in [0.1, 0.15) is 5.04 Å². The largest absolute Gasteiger partial charge is 0.358 e. The van der Waals surface area contributed by atoms with Crippen LogP contribution in [0.3, 0.4) is 0 Å². The van der Waals surface area contributed by atoms with Crippen LogP contribution in [0.5, 0.6) is 0 Å². The number of hydrogen-bond donors (Lipinski definition) is 2. The maximum Gasteiger partial charge on any atom is 0.256 e. The van der Waals surface area contributed by atoms with Crippen molar-refractivity contribution in [3.63, 3.8) is 0 Å². The summed E-state index contributed by atoms with van der Waals surface area (Å²) in [7, 11) is 2.08. The molecule has 3 heterocycles. The summed E-state index contributed by atoms with van der Waals surface area (Å²) in [6, 6.07) is 10.2. The molecule has 1 saturated heterocycles. The van der Waals surface area contributed by atoms with E-state index in [0.717, 1.165) is 93.2 Å². The third kappa shape index (κ3) is 6.74. The molecule has 2 amide bonds. The van der Waals surface area contributed by atoms with Crippen molar-refractivity contribution in [3.8, 4) is 0 Å². The number of benzene rings is 1. The van der Waals surface area contributed by atoms with E-state index in [1.54, 1.807) is 11.8 Å². The van der Waals surface area contributed by atoms with E-state index in [1.807, 2.05) is 57.7 Å². The number of carbonyl (C=O) groups is 2. The summed E-state index contributed by atoms with van der Waals surface area (Å²) in [6.45, 7) is 13.2. The molecule has 2 aliphatic heterocycles. The van der Waals surface area contributed by atoms with Gasteiger partial charge in [0, 0.05) is 54.6 Å². The summed E-state index contributed by atoms with van der Waals surface area (Å²) < 4.78 is 0. The zero-order valence-electron chi connectivity index (χ0n) is 24.3. The second-order valence-corrected chi connectivity index (χ2v) is 11.4. The van der Waals surface area contributed by atoms with Gasteiger partial charge in [0.25, 0.3) is 5.91 Å². The van der Waals surface area contributed by atoms with E-state index < -0.39 is 0 Å². The predicted molar refractivity (Wildman–Crippen MR) is 166 cm³/mol. The van der Waals surface area contributed by atoms with E-state index in [2.05, 4.69) is 52.6 Å². The van der Waals surface area contributed by atoms with Crippen LogP contribution in [0.4, 0.5) is 0 Å². The van der Waals surface area contributed by atoms with Crippen molar-refractivity contribution in [1.29, 1.82) is 0 Å². The van der Waals surface area contributed by atoms with Gasteiger partial charge in [-0.3, -0.25) is 9.59 Å². The summed E-state index contributed by atoms with van der Waals surface area (Å²) in [6.07, 6.45) is 6.97. The molecule has 0 bridgehead atoms. The molecule has 0 saturated carbocycles. The maximum absolute atomic E-state index is 13.4. The highest BCUT2D eigenvalue weighted by molar-refractivity contribution is 8.14. The molecule has 2 aliphatic rings. The van der Waals surface area contributed by atoms with Crippen molar-refractivity contribution < 1.29 is 9.59 Å². The number of rotatable bonds is 8. The number of aromatic amines is 1. The van der Waals surface area contributed by atoms with Crippen molar-refractivity contribution in [3.05, 3.63) is 98.7 Å². The number of nitrogens with zero attached hydrogens (tertiary/aromatic N) is 3. The molecule has 2 N–H and O–H groups in total. The van der Waals surface area contributed by atoms with Gasteiger partial charge in [-0.15, -0.1) is 11.8 Å². The monoisotopic (exact) mass is 557 g/mol. The van der Waals surface area contributed by atoms with Crippen LogP contribution < -0.4 is 5.32 Å². The van der Waals surface area contributed by atoms with E-state index in [0.29, 0.717) is 6.41 Å². The maximum atomic E-state index is 13.4. The number of nitrogens with one attached hydrogen (secondary N) is 2. The number of aromatic nitrogens is 1. The topological polar surface area (TPSA) is 80.8 Å². The molecule has 40 heavy (non-hydrogen) atoms. The van der Waals surface area contributed by atoms with Crippen LogP contribution in [-0.4, -0.2) is 71.1 Å². The molecule has 7 nitrogen and oxygen atoms in total. The Labute approximate surface area is 241 Å². The SMILES string of the molecule is C/C(NC=O)=C(\C=C(/C)C1=CCSC(c2ccccc2)=N1)C(/C)=C/c1[nH]c(C)c(C(=O)N2CCN(C)CC2)c1C. The Morgan fingerprint density at radius 1 is 1.07 bits per heavy atom. The predicted octanol–water partition coefficient (Wildman–Crippen LogP) is 5.47. The number of piperazine rings is 1. The van der Waals surface area contributed by atoms with Gasteiger partial charge in [-0.05, 0) is 82.2 Å². The molecule has 0 atom stereocenters. The standard InChI is InChI=1S/C32H39N5O2S/c1-21(19-29-23(3)30(25(5)34-29)32(39)37-15-13-36(6)14-16-37)27(24(4)33-20-38)18-22(2)28-12-17-40-31(35-28)26-10-8-7-9-11-26/h7-12,18-20,34H,13-17H2,1-6H3,(H,33,38)/b21-19+,22-18+,27-24-. The molecule has 1 aromatic carbocycles. The van der Waals surface area contributed by atoms with Gasteiger partial charge in [0.05, 0.1) is 11.3 Å². The summed E-state index contributed by atoms with van der Waals surface area (Å²) in [5.74, 6) is 0.926. The summed E-state index contributed by atoms with van der Waals surface area (Å²) in [5, 5.41) is 3.83. The van der Waals surface area contributed by atoms with Gasteiger partial charge >= 0.3 is 0 Å². The molecule has 2 aromatic rings. The Morgan fingerprint density at radius 2 is 1.77 bits per heavy atom. The molecular weight excluding hydrogens is 518 g/mol. The van der Waals surface area contributed by atoms with Crippen LogP contribution in [0.25, 0.3) is 6.08 Å². The van der Waals surface area contributed by atoms with Crippen molar-refractivity contribution in [2.24, 2.45) is 4.99 Å². The van der Waals surface area contributed by atoms with Crippen molar-refractivity contribution >= 4 is 35.2 Å². The van der Waals surface area contributed by atoms with Gasteiger partial charge in [0.2, 0.25) is 6.41 Å². The van der Waals surface area contributed by atoms with E-state index in [1.165, 1.54) is 0 Å². The summed E-state index contributed by atoms with van der Waals surface area (Å²) >= 11 is 1.72.